The number of carbonyl (C=O) groups excluding carboxylic acids is 1. The molecule has 0 radical (unpaired) electrons. The first-order chi connectivity index (χ1) is 15.3. The molecule has 1 aliphatic heterocycles. The van der Waals surface area contributed by atoms with Gasteiger partial charge in [-0.25, -0.2) is 13.1 Å². The minimum absolute atomic E-state index is 0.0596. The van der Waals surface area contributed by atoms with Gasteiger partial charge in [-0.15, -0.1) is 10.2 Å². The van der Waals surface area contributed by atoms with E-state index in [-0.39, 0.29) is 41.9 Å². The van der Waals surface area contributed by atoms with E-state index in [4.69, 9.17) is 10.6 Å². The van der Waals surface area contributed by atoms with Gasteiger partial charge >= 0.3 is 0 Å². The molecule has 32 heavy (non-hydrogen) atoms. The van der Waals surface area contributed by atoms with Crippen LogP contribution in [0.1, 0.15) is 37.9 Å². The second-order valence-corrected chi connectivity index (χ2v) is 12.2. The van der Waals surface area contributed by atoms with Gasteiger partial charge < -0.3 is 15.5 Å². The molecule has 2 aromatic rings. The van der Waals surface area contributed by atoms with Crippen molar-refractivity contribution in [2.45, 2.75) is 56.0 Å². The maximum absolute atomic E-state index is 13.1. The SMILES string of the molecule is Nn1c(COc2cccc(Br)c2)nnc1SCC(=O)N(C1CCCC1)[C@H]1CCS(=O)(=O)C1. The van der Waals surface area contributed by atoms with Crippen molar-refractivity contribution in [3.05, 3.63) is 34.6 Å². The molecule has 1 saturated heterocycles. The summed E-state index contributed by atoms with van der Waals surface area (Å²) in [4.78, 5) is 15.0. The van der Waals surface area contributed by atoms with E-state index in [1.807, 2.05) is 29.2 Å². The van der Waals surface area contributed by atoms with Crippen molar-refractivity contribution in [1.82, 2.24) is 19.8 Å². The van der Waals surface area contributed by atoms with Crippen molar-refractivity contribution in [2.24, 2.45) is 0 Å². The van der Waals surface area contributed by atoms with Crippen LogP contribution in [0.25, 0.3) is 0 Å². The first-order valence-corrected chi connectivity index (χ1v) is 14.1. The van der Waals surface area contributed by atoms with Crippen LogP contribution < -0.4 is 10.6 Å². The van der Waals surface area contributed by atoms with E-state index in [1.54, 1.807) is 0 Å². The molecule has 0 bridgehead atoms. The zero-order valence-electron chi connectivity index (χ0n) is 17.5. The average molecular weight is 544 g/mol. The molecule has 1 saturated carbocycles. The van der Waals surface area contributed by atoms with Gasteiger partial charge in [0.25, 0.3) is 0 Å². The van der Waals surface area contributed by atoms with Crippen molar-refractivity contribution in [1.29, 1.82) is 0 Å². The van der Waals surface area contributed by atoms with Crippen LogP contribution in [0, 0.1) is 0 Å². The molecule has 2 aliphatic rings. The number of halogens is 1. The number of nitrogens with zero attached hydrogens (tertiary/aromatic N) is 4. The van der Waals surface area contributed by atoms with Crippen LogP contribution >= 0.6 is 27.7 Å². The Morgan fingerprint density at radius 3 is 2.72 bits per heavy atom. The number of benzene rings is 1. The highest BCUT2D eigenvalue weighted by atomic mass is 79.9. The molecule has 1 amide bonds. The summed E-state index contributed by atoms with van der Waals surface area (Å²) < 4.78 is 31.9. The van der Waals surface area contributed by atoms with Crippen LogP contribution in [0.2, 0.25) is 0 Å². The molecule has 9 nitrogen and oxygen atoms in total. The van der Waals surface area contributed by atoms with Gasteiger partial charge in [0.15, 0.2) is 15.7 Å². The lowest BCUT2D eigenvalue weighted by Crippen LogP contribution is -2.47. The largest absolute Gasteiger partial charge is 0.485 e. The zero-order valence-corrected chi connectivity index (χ0v) is 20.7. The molecule has 1 aromatic carbocycles. The molecule has 0 spiro atoms. The number of hydrogen-bond donors (Lipinski definition) is 1. The normalized spacial score (nSPS) is 20.5. The Morgan fingerprint density at radius 2 is 2.03 bits per heavy atom. The number of ether oxygens (including phenoxy) is 1. The van der Waals surface area contributed by atoms with Gasteiger partial charge in [-0.05, 0) is 37.5 Å². The minimum atomic E-state index is -3.07. The summed E-state index contributed by atoms with van der Waals surface area (Å²) in [6, 6.07) is 7.32. The molecule has 174 valence electrons. The summed E-state index contributed by atoms with van der Waals surface area (Å²) in [7, 11) is -3.07. The third kappa shape index (κ3) is 5.57. The van der Waals surface area contributed by atoms with Crippen molar-refractivity contribution < 1.29 is 17.9 Å². The van der Waals surface area contributed by atoms with Crippen molar-refractivity contribution in [2.75, 3.05) is 23.1 Å². The van der Waals surface area contributed by atoms with Gasteiger partial charge in [-0.2, -0.15) is 0 Å². The number of thioether (sulfide) groups is 1. The van der Waals surface area contributed by atoms with Crippen molar-refractivity contribution >= 4 is 43.4 Å². The molecular weight excluding hydrogens is 518 g/mol. The summed E-state index contributed by atoms with van der Waals surface area (Å²) in [5.41, 5.74) is 0. The Kier molecular flexibility index (Phi) is 7.30. The molecule has 1 aliphatic carbocycles. The second-order valence-electron chi connectivity index (χ2n) is 8.10. The monoisotopic (exact) mass is 543 g/mol. The van der Waals surface area contributed by atoms with Crippen molar-refractivity contribution in [3.63, 3.8) is 0 Å². The van der Waals surface area contributed by atoms with Crippen LogP contribution in [-0.2, 0) is 21.2 Å². The van der Waals surface area contributed by atoms with Crippen LogP contribution in [0.15, 0.2) is 33.9 Å². The summed E-state index contributed by atoms with van der Waals surface area (Å²) in [6.07, 6.45) is 4.51. The van der Waals surface area contributed by atoms with Crippen LogP contribution in [0.3, 0.4) is 0 Å². The van der Waals surface area contributed by atoms with E-state index in [1.165, 1.54) is 16.4 Å². The predicted octanol–water partition coefficient (Wildman–Crippen LogP) is 2.38. The number of hydrogen-bond acceptors (Lipinski definition) is 8. The third-order valence-electron chi connectivity index (χ3n) is 5.83. The Hall–Kier alpha value is -1.79. The summed E-state index contributed by atoms with van der Waals surface area (Å²) in [6.45, 7) is 0.141. The Balaban J connectivity index is 1.38. The number of nitrogens with two attached hydrogens (primary N) is 1. The lowest BCUT2D eigenvalue weighted by atomic mass is 10.1. The summed E-state index contributed by atoms with van der Waals surface area (Å²) in [5.74, 6) is 7.50. The van der Waals surface area contributed by atoms with E-state index in [2.05, 4.69) is 26.1 Å². The predicted molar refractivity (Wildman–Crippen MR) is 126 cm³/mol. The fourth-order valence-corrected chi connectivity index (χ4v) is 7.13. The molecule has 12 heteroatoms. The van der Waals surface area contributed by atoms with Crippen LogP contribution in [-0.4, -0.2) is 63.4 Å². The smallest absolute Gasteiger partial charge is 0.233 e. The molecular formula is C20H26BrN5O4S2. The van der Waals surface area contributed by atoms with E-state index in [0.717, 1.165) is 30.2 Å². The van der Waals surface area contributed by atoms with Gasteiger partial charge in [0.2, 0.25) is 11.1 Å². The fourth-order valence-electron chi connectivity index (χ4n) is 4.29. The van der Waals surface area contributed by atoms with Crippen molar-refractivity contribution in [3.8, 4) is 5.75 Å². The third-order valence-corrected chi connectivity index (χ3v) is 9.00. The van der Waals surface area contributed by atoms with Gasteiger partial charge in [-0.1, -0.05) is 46.6 Å². The zero-order chi connectivity index (χ0) is 22.7. The first kappa shape index (κ1) is 23.4. The number of amides is 1. The molecule has 2 N–H and O–H groups in total. The van der Waals surface area contributed by atoms with Gasteiger partial charge in [-0.3, -0.25) is 4.79 Å². The fraction of sp³-hybridized carbons (Fsp3) is 0.550. The summed E-state index contributed by atoms with van der Waals surface area (Å²) >= 11 is 4.60. The number of carbonyl (C=O) groups is 1. The number of nitrogen functional groups attached to an aromatic ring is 1. The molecule has 1 atom stereocenters. The maximum Gasteiger partial charge on any atom is 0.233 e. The molecule has 1 aromatic heterocycles. The highest BCUT2D eigenvalue weighted by Crippen LogP contribution is 2.30. The summed E-state index contributed by atoms with van der Waals surface area (Å²) in [5, 5.41) is 8.58. The van der Waals surface area contributed by atoms with Crippen LogP contribution in [0.5, 0.6) is 5.75 Å². The van der Waals surface area contributed by atoms with E-state index in [0.29, 0.717) is 23.2 Å². The molecule has 0 unspecified atom stereocenters. The lowest BCUT2D eigenvalue weighted by molar-refractivity contribution is -0.132. The van der Waals surface area contributed by atoms with E-state index >= 15 is 0 Å². The lowest BCUT2D eigenvalue weighted by Gasteiger charge is -2.34. The maximum atomic E-state index is 13.1. The van der Waals surface area contributed by atoms with Crippen LogP contribution in [0.4, 0.5) is 0 Å². The van der Waals surface area contributed by atoms with Gasteiger partial charge in [0, 0.05) is 16.6 Å². The standard InChI is InChI=1S/C20H26BrN5O4S2/c21-14-4-3-7-17(10-14)30-11-18-23-24-20(26(18)22)31-12-19(27)25(15-5-1-2-6-15)16-8-9-32(28,29)13-16/h3-4,7,10,15-16H,1-2,5-6,8-9,11-13,22H2/t16-/m0/s1. The topological polar surface area (TPSA) is 120 Å². The first-order valence-electron chi connectivity index (χ1n) is 10.5. The number of aromatic nitrogens is 3. The Morgan fingerprint density at radius 1 is 1.25 bits per heavy atom. The quantitative estimate of drug-likeness (QED) is 0.398. The Bertz CT molecular complexity index is 1070. The van der Waals surface area contributed by atoms with Gasteiger partial charge in [0.1, 0.15) is 12.4 Å². The molecule has 4 rings (SSSR count). The van der Waals surface area contributed by atoms with E-state index in [9.17, 15) is 13.2 Å². The Labute approximate surface area is 200 Å². The number of rotatable bonds is 8. The van der Waals surface area contributed by atoms with E-state index < -0.39 is 9.84 Å². The highest BCUT2D eigenvalue weighted by molar-refractivity contribution is 9.10. The average Bonchev–Trinajstić information content (AvgIpc) is 3.47. The molecule has 2 fully saturated rings. The minimum Gasteiger partial charge on any atom is -0.485 e. The number of sulfone groups is 1. The highest BCUT2D eigenvalue weighted by Gasteiger charge is 2.39. The second kappa shape index (κ2) is 10.0. The van der Waals surface area contributed by atoms with Gasteiger partial charge in [0.05, 0.1) is 17.3 Å². The molecule has 2 heterocycles.